The van der Waals surface area contributed by atoms with Crippen LogP contribution in [0.15, 0.2) is 36.4 Å². The first-order valence-corrected chi connectivity index (χ1v) is 6.53. The summed E-state index contributed by atoms with van der Waals surface area (Å²) in [4.78, 5) is 11.2. The molecule has 0 saturated heterocycles. The first-order chi connectivity index (χ1) is 9.17. The van der Waals surface area contributed by atoms with Gasteiger partial charge in [0.05, 0.1) is 0 Å². The molecule has 0 fully saturated rings. The summed E-state index contributed by atoms with van der Waals surface area (Å²) in [6.45, 7) is 4.11. The van der Waals surface area contributed by atoms with Crippen molar-refractivity contribution in [3.05, 3.63) is 53.1 Å². The van der Waals surface area contributed by atoms with Crippen LogP contribution in [0.3, 0.4) is 0 Å². The summed E-state index contributed by atoms with van der Waals surface area (Å²) in [5.74, 6) is 0.969. The van der Waals surface area contributed by atoms with E-state index in [4.69, 9.17) is 4.74 Å². The molecule has 1 aliphatic rings. The van der Waals surface area contributed by atoms with Crippen molar-refractivity contribution in [3.8, 4) is 16.9 Å². The van der Waals surface area contributed by atoms with Crippen LogP contribution in [0.4, 0.5) is 0 Å². The lowest BCUT2D eigenvalue weighted by Crippen LogP contribution is -2.05. The summed E-state index contributed by atoms with van der Waals surface area (Å²) < 4.78 is 5.71. The highest BCUT2D eigenvalue weighted by molar-refractivity contribution is 5.88. The van der Waals surface area contributed by atoms with E-state index in [2.05, 4.69) is 19.1 Å². The van der Waals surface area contributed by atoms with E-state index in [-0.39, 0.29) is 6.10 Å². The van der Waals surface area contributed by atoms with Gasteiger partial charge in [-0.3, -0.25) is 4.79 Å². The molecule has 1 heterocycles. The predicted molar refractivity (Wildman–Crippen MR) is 75.8 cm³/mol. The van der Waals surface area contributed by atoms with Gasteiger partial charge in [0.2, 0.25) is 0 Å². The van der Waals surface area contributed by atoms with Gasteiger partial charge >= 0.3 is 0 Å². The van der Waals surface area contributed by atoms with Crippen LogP contribution in [0, 0.1) is 6.92 Å². The third-order valence-corrected chi connectivity index (χ3v) is 3.54. The second-order valence-electron chi connectivity index (χ2n) is 5.16. The summed E-state index contributed by atoms with van der Waals surface area (Å²) in [6, 6.07) is 12.1. The lowest BCUT2D eigenvalue weighted by Gasteiger charge is -2.08. The summed E-state index contributed by atoms with van der Waals surface area (Å²) in [5, 5.41) is 0. The molecule has 96 valence electrons. The average molecular weight is 252 g/mol. The minimum atomic E-state index is 0.244. The Morgan fingerprint density at radius 3 is 2.84 bits per heavy atom. The maximum atomic E-state index is 11.2. The maximum Gasteiger partial charge on any atom is 0.150 e. The number of ether oxygens (including phenoxy) is 1. The van der Waals surface area contributed by atoms with Crippen LogP contribution < -0.4 is 4.74 Å². The standard InChI is InChI=1S/C17H16O2/c1-11-3-4-14(10-18)16(7-11)13-5-6-17-15(9-13)8-12(2)19-17/h3-7,9-10,12H,8H2,1-2H3. The Balaban J connectivity index is 2.11. The second-order valence-corrected chi connectivity index (χ2v) is 5.16. The SMILES string of the molecule is Cc1ccc(C=O)c(-c2ccc3c(c2)CC(C)O3)c1. The van der Waals surface area contributed by atoms with Gasteiger partial charge in [0.25, 0.3) is 0 Å². The molecule has 3 rings (SSSR count). The van der Waals surface area contributed by atoms with Crippen molar-refractivity contribution in [2.75, 3.05) is 0 Å². The Bertz CT molecular complexity index is 644. The minimum absolute atomic E-state index is 0.244. The van der Waals surface area contributed by atoms with Crippen LogP contribution in [0.1, 0.15) is 28.4 Å². The van der Waals surface area contributed by atoms with E-state index in [9.17, 15) is 4.79 Å². The van der Waals surface area contributed by atoms with Gasteiger partial charge in [-0.15, -0.1) is 0 Å². The van der Waals surface area contributed by atoms with Gasteiger partial charge < -0.3 is 4.74 Å². The van der Waals surface area contributed by atoms with E-state index in [1.54, 1.807) is 0 Å². The topological polar surface area (TPSA) is 26.3 Å². The van der Waals surface area contributed by atoms with Crippen molar-refractivity contribution in [1.29, 1.82) is 0 Å². The number of carbonyl (C=O) groups excluding carboxylic acids is 1. The van der Waals surface area contributed by atoms with Crippen molar-refractivity contribution >= 4 is 6.29 Å². The van der Waals surface area contributed by atoms with Crippen LogP contribution in [-0.4, -0.2) is 12.4 Å². The van der Waals surface area contributed by atoms with E-state index >= 15 is 0 Å². The molecule has 2 aromatic carbocycles. The Morgan fingerprint density at radius 2 is 2.05 bits per heavy atom. The van der Waals surface area contributed by atoms with Crippen LogP contribution in [-0.2, 0) is 6.42 Å². The Hall–Kier alpha value is -2.09. The zero-order valence-electron chi connectivity index (χ0n) is 11.1. The highest BCUT2D eigenvalue weighted by Crippen LogP contribution is 2.34. The summed E-state index contributed by atoms with van der Waals surface area (Å²) in [6.07, 6.45) is 2.10. The van der Waals surface area contributed by atoms with E-state index in [1.807, 2.05) is 31.2 Å². The Kier molecular flexibility index (Phi) is 2.86. The van der Waals surface area contributed by atoms with E-state index in [1.165, 1.54) is 5.56 Å². The molecule has 19 heavy (non-hydrogen) atoms. The summed E-state index contributed by atoms with van der Waals surface area (Å²) in [5.41, 5.74) is 5.20. The van der Waals surface area contributed by atoms with Crippen LogP contribution >= 0.6 is 0 Å². The number of aldehydes is 1. The van der Waals surface area contributed by atoms with E-state index in [0.717, 1.165) is 40.7 Å². The number of hydrogen-bond donors (Lipinski definition) is 0. The fourth-order valence-electron chi connectivity index (χ4n) is 2.61. The number of hydrogen-bond acceptors (Lipinski definition) is 2. The van der Waals surface area contributed by atoms with Gasteiger partial charge in [0.15, 0.2) is 6.29 Å². The molecule has 0 aliphatic carbocycles. The molecular formula is C17H16O2. The lowest BCUT2D eigenvalue weighted by atomic mass is 9.96. The smallest absolute Gasteiger partial charge is 0.150 e. The molecule has 0 bridgehead atoms. The van der Waals surface area contributed by atoms with Crippen molar-refractivity contribution in [1.82, 2.24) is 0 Å². The van der Waals surface area contributed by atoms with Gasteiger partial charge in [0, 0.05) is 12.0 Å². The highest BCUT2D eigenvalue weighted by atomic mass is 16.5. The molecule has 1 unspecified atom stereocenters. The molecular weight excluding hydrogens is 236 g/mol. The third-order valence-electron chi connectivity index (χ3n) is 3.54. The quantitative estimate of drug-likeness (QED) is 0.760. The fraction of sp³-hybridized carbons (Fsp3) is 0.235. The zero-order valence-corrected chi connectivity index (χ0v) is 11.1. The Morgan fingerprint density at radius 1 is 1.21 bits per heavy atom. The summed E-state index contributed by atoms with van der Waals surface area (Å²) in [7, 11) is 0. The molecule has 2 nitrogen and oxygen atoms in total. The van der Waals surface area contributed by atoms with Gasteiger partial charge in [-0.05, 0) is 42.7 Å². The van der Waals surface area contributed by atoms with Crippen LogP contribution in [0.5, 0.6) is 5.75 Å². The summed E-state index contributed by atoms with van der Waals surface area (Å²) >= 11 is 0. The highest BCUT2D eigenvalue weighted by Gasteiger charge is 2.19. The van der Waals surface area contributed by atoms with Crippen LogP contribution in [0.25, 0.3) is 11.1 Å². The van der Waals surface area contributed by atoms with Crippen molar-refractivity contribution in [2.24, 2.45) is 0 Å². The third kappa shape index (κ3) is 2.14. The number of benzene rings is 2. The van der Waals surface area contributed by atoms with Gasteiger partial charge in [-0.25, -0.2) is 0 Å². The monoisotopic (exact) mass is 252 g/mol. The van der Waals surface area contributed by atoms with Crippen molar-refractivity contribution in [2.45, 2.75) is 26.4 Å². The predicted octanol–water partition coefficient (Wildman–Crippen LogP) is 3.80. The van der Waals surface area contributed by atoms with Gasteiger partial charge in [-0.2, -0.15) is 0 Å². The minimum Gasteiger partial charge on any atom is -0.490 e. The zero-order chi connectivity index (χ0) is 13.4. The second kappa shape index (κ2) is 4.54. The van der Waals surface area contributed by atoms with Crippen LogP contribution in [0.2, 0.25) is 0 Å². The molecule has 0 spiro atoms. The number of aryl methyl sites for hydroxylation is 1. The Labute approximate surface area is 113 Å². The van der Waals surface area contributed by atoms with Crippen molar-refractivity contribution < 1.29 is 9.53 Å². The molecule has 1 atom stereocenters. The lowest BCUT2D eigenvalue weighted by molar-refractivity contribution is 0.112. The molecule has 0 aromatic heterocycles. The molecule has 2 heteroatoms. The van der Waals surface area contributed by atoms with E-state index in [0.29, 0.717) is 0 Å². The van der Waals surface area contributed by atoms with Gasteiger partial charge in [0.1, 0.15) is 11.9 Å². The fourth-order valence-corrected chi connectivity index (χ4v) is 2.61. The molecule has 2 aromatic rings. The van der Waals surface area contributed by atoms with Crippen molar-refractivity contribution in [3.63, 3.8) is 0 Å². The largest absolute Gasteiger partial charge is 0.490 e. The van der Waals surface area contributed by atoms with E-state index < -0.39 is 0 Å². The normalized spacial score (nSPS) is 16.8. The maximum absolute atomic E-state index is 11.2. The molecule has 1 aliphatic heterocycles. The number of rotatable bonds is 2. The molecule has 0 radical (unpaired) electrons. The molecule has 0 amide bonds. The first-order valence-electron chi connectivity index (χ1n) is 6.53. The molecule has 0 N–H and O–H groups in total. The number of carbonyl (C=O) groups is 1. The van der Waals surface area contributed by atoms with Gasteiger partial charge in [-0.1, -0.05) is 29.8 Å². The number of fused-ring (bicyclic) bond motifs is 1. The first kappa shape index (κ1) is 12.0. The average Bonchev–Trinajstić information content (AvgIpc) is 2.77. The molecule has 0 saturated carbocycles.